The summed E-state index contributed by atoms with van der Waals surface area (Å²) in [4.78, 5) is 27.4. The molecule has 3 aliphatic rings. The lowest BCUT2D eigenvalue weighted by molar-refractivity contribution is -0.127. The minimum atomic E-state index is -0.625. The van der Waals surface area contributed by atoms with Gasteiger partial charge in [0.25, 0.3) is 0 Å². The highest BCUT2D eigenvalue weighted by Crippen LogP contribution is 2.57. The van der Waals surface area contributed by atoms with Crippen LogP contribution in [0.4, 0.5) is 0 Å². The average molecular weight is 437 g/mol. The molecule has 4 heteroatoms. The van der Waals surface area contributed by atoms with Crippen LogP contribution in [0, 0.1) is 25.7 Å². The second-order valence-corrected chi connectivity index (χ2v) is 9.91. The van der Waals surface area contributed by atoms with E-state index in [1.165, 1.54) is 11.1 Å². The Morgan fingerprint density at radius 2 is 1.61 bits per heavy atom. The third-order valence-corrected chi connectivity index (χ3v) is 7.99. The third kappa shape index (κ3) is 3.04. The van der Waals surface area contributed by atoms with Crippen LogP contribution in [0.15, 0.2) is 30.3 Å². The van der Waals surface area contributed by atoms with Crippen molar-refractivity contribution in [3.05, 3.63) is 68.7 Å². The Balaban J connectivity index is 1.54. The number of carbonyl (C=O) groups is 2. The van der Waals surface area contributed by atoms with Gasteiger partial charge in [-0.1, -0.05) is 49.2 Å². The SMILES string of the molecule is CCc1cc(C)cc(CC)c1C1C(=O)[C@@H]2[C@@H]3O[C@@H](C[C@H]3c3ccc(Cl)cc3C)[C@@H]2C1=O. The minimum absolute atomic E-state index is 0.0760. The van der Waals surface area contributed by atoms with Gasteiger partial charge in [0.1, 0.15) is 5.92 Å². The van der Waals surface area contributed by atoms with E-state index in [1.54, 1.807) is 0 Å². The summed E-state index contributed by atoms with van der Waals surface area (Å²) in [6.45, 7) is 8.36. The Hall–Kier alpha value is -1.97. The molecular formula is C27H29ClO3. The van der Waals surface area contributed by atoms with E-state index in [0.717, 1.165) is 41.5 Å². The summed E-state index contributed by atoms with van der Waals surface area (Å²) in [6.07, 6.45) is 2.09. The van der Waals surface area contributed by atoms with E-state index in [0.29, 0.717) is 5.02 Å². The molecule has 2 aromatic rings. The molecule has 2 aliphatic heterocycles. The Bertz CT molecular complexity index is 1060. The van der Waals surface area contributed by atoms with Gasteiger partial charge in [-0.15, -0.1) is 0 Å². The maximum Gasteiger partial charge on any atom is 0.154 e. The van der Waals surface area contributed by atoms with Crippen molar-refractivity contribution in [2.45, 2.75) is 71.0 Å². The zero-order chi connectivity index (χ0) is 22.0. The van der Waals surface area contributed by atoms with Crippen LogP contribution in [0.1, 0.15) is 65.5 Å². The molecule has 3 fully saturated rings. The smallest absolute Gasteiger partial charge is 0.154 e. The van der Waals surface area contributed by atoms with Crippen molar-refractivity contribution in [3.63, 3.8) is 0 Å². The van der Waals surface area contributed by atoms with Crippen LogP contribution in [0.25, 0.3) is 0 Å². The molecular weight excluding hydrogens is 408 g/mol. The van der Waals surface area contributed by atoms with Crippen LogP contribution in [-0.2, 0) is 27.2 Å². The summed E-state index contributed by atoms with van der Waals surface area (Å²) >= 11 is 6.16. The molecule has 0 radical (unpaired) electrons. The van der Waals surface area contributed by atoms with Gasteiger partial charge in [-0.2, -0.15) is 0 Å². The normalized spacial score (nSPS) is 31.5. The molecule has 2 aromatic carbocycles. The molecule has 0 N–H and O–H groups in total. The van der Waals surface area contributed by atoms with E-state index in [2.05, 4.69) is 45.9 Å². The number of ketones is 2. The van der Waals surface area contributed by atoms with E-state index in [1.807, 2.05) is 12.1 Å². The van der Waals surface area contributed by atoms with Crippen molar-refractivity contribution in [2.75, 3.05) is 0 Å². The van der Waals surface area contributed by atoms with Crippen LogP contribution < -0.4 is 0 Å². The largest absolute Gasteiger partial charge is 0.373 e. The Morgan fingerprint density at radius 1 is 0.968 bits per heavy atom. The zero-order valence-electron chi connectivity index (χ0n) is 18.6. The maximum absolute atomic E-state index is 13.8. The number of rotatable bonds is 4. The van der Waals surface area contributed by atoms with E-state index < -0.39 is 5.92 Å². The number of carbonyl (C=O) groups excluding carboxylic acids is 2. The standard InChI is InChI=1S/C27H29ClO3/c1-5-15-9-13(3)10-16(6-2)21(15)23-25(29)22-20-12-19(27(31-20)24(22)26(23)30)18-8-7-17(28)11-14(18)4/h7-11,19-20,22-24,27H,5-6,12H2,1-4H3/t19-,20-,22-,23?,24+,27+/m0/s1. The molecule has 6 atom stereocenters. The molecule has 31 heavy (non-hydrogen) atoms. The van der Waals surface area contributed by atoms with E-state index in [4.69, 9.17) is 16.3 Å². The molecule has 1 unspecified atom stereocenters. The Morgan fingerprint density at radius 3 is 2.23 bits per heavy atom. The van der Waals surface area contributed by atoms with Crippen LogP contribution in [0.5, 0.6) is 0 Å². The van der Waals surface area contributed by atoms with Gasteiger partial charge >= 0.3 is 0 Å². The number of halogens is 1. The molecule has 2 bridgehead atoms. The number of aryl methyl sites for hydroxylation is 4. The number of ether oxygens (including phenoxy) is 1. The van der Waals surface area contributed by atoms with Gasteiger partial charge in [-0.05, 0) is 73.1 Å². The van der Waals surface area contributed by atoms with Crippen molar-refractivity contribution in [1.82, 2.24) is 0 Å². The van der Waals surface area contributed by atoms with Crippen molar-refractivity contribution in [2.24, 2.45) is 11.8 Å². The molecule has 0 spiro atoms. The van der Waals surface area contributed by atoms with Crippen LogP contribution >= 0.6 is 11.6 Å². The van der Waals surface area contributed by atoms with E-state index in [9.17, 15) is 9.59 Å². The first-order valence-electron chi connectivity index (χ1n) is 11.5. The second-order valence-electron chi connectivity index (χ2n) is 9.48. The lowest BCUT2D eigenvalue weighted by Crippen LogP contribution is -2.34. The first-order valence-corrected chi connectivity index (χ1v) is 11.8. The van der Waals surface area contributed by atoms with Crippen molar-refractivity contribution in [1.29, 1.82) is 0 Å². The molecule has 2 heterocycles. The van der Waals surface area contributed by atoms with Crippen LogP contribution in [-0.4, -0.2) is 23.8 Å². The molecule has 0 amide bonds. The van der Waals surface area contributed by atoms with E-state index >= 15 is 0 Å². The predicted octanol–water partition coefficient (Wildman–Crippen LogP) is 5.50. The topological polar surface area (TPSA) is 43.4 Å². The van der Waals surface area contributed by atoms with Gasteiger partial charge in [0.05, 0.1) is 24.0 Å². The summed E-state index contributed by atoms with van der Waals surface area (Å²) in [5, 5.41) is 0.717. The number of Topliss-reactive ketones (excluding diaryl/α,β-unsaturated/α-hetero) is 2. The fourth-order valence-electron chi connectivity index (χ4n) is 6.52. The highest BCUT2D eigenvalue weighted by molar-refractivity contribution is 6.30. The Labute approximate surface area is 189 Å². The van der Waals surface area contributed by atoms with Crippen LogP contribution in [0.3, 0.4) is 0 Å². The Kier molecular flexibility index (Phi) is 5.10. The summed E-state index contributed by atoms with van der Waals surface area (Å²) in [5.41, 5.74) is 6.77. The zero-order valence-corrected chi connectivity index (χ0v) is 19.3. The van der Waals surface area contributed by atoms with Crippen molar-refractivity contribution in [3.8, 4) is 0 Å². The fourth-order valence-corrected chi connectivity index (χ4v) is 6.74. The lowest BCUT2D eigenvalue weighted by atomic mass is 9.72. The molecule has 0 aromatic heterocycles. The molecule has 1 saturated carbocycles. The van der Waals surface area contributed by atoms with E-state index in [-0.39, 0.29) is 41.5 Å². The molecule has 3 nitrogen and oxygen atoms in total. The number of hydrogen-bond donors (Lipinski definition) is 0. The summed E-state index contributed by atoms with van der Waals surface area (Å²) < 4.78 is 6.27. The lowest BCUT2D eigenvalue weighted by Gasteiger charge is -2.27. The van der Waals surface area contributed by atoms with Gasteiger partial charge in [0, 0.05) is 10.9 Å². The highest BCUT2D eigenvalue weighted by atomic mass is 35.5. The van der Waals surface area contributed by atoms with Gasteiger partial charge < -0.3 is 4.74 Å². The number of benzene rings is 2. The maximum atomic E-state index is 13.8. The fraction of sp³-hybridized carbons (Fsp3) is 0.481. The minimum Gasteiger partial charge on any atom is -0.373 e. The van der Waals surface area contributed by atoms with Crippen molar-refractivity contribution < 1.29 is 14.3 Å². The van der Waals surface area contributed by atoms with Gasteiger partial charge in [-0.25, -0.2) is 0 Å². The monoisotopic (exact) mass is 436 g/mol. The number of hydrogen-bond acceptors (Lipinski definition) is 3. The summed E-state index contributed by atoms with van der Waals surface area (Å²) in [5.74, 6) is -0.934. The second kappa shape index (κ2) is 7.56. The average Bonchev–Trinajstić information content (AvgIpc) is 3.39. The highest BCUT2D eigenvalue weighted by Gasteiger charge is 2.66. The number of fused-ring (bicyclic) bond motifs is 5. The molecule has 1 aliphatic carbocycles. The first-order chi connectivity index (χ1) is 14.8. The molecule has 5 rings (SSSR count). The summed E-state index contributed by atoms with van der Waals surface area (Å²) in [7, 11) is 0. The molecule has 2 saturated heterocycles. The third-order valence-electron chi connectivity index (χ3n) is 7.76. The quantitative estimate of drug-likeness (QED) is 0.594. The predicted molar refractivity (Wildman–Crippen MR) is 122 cm³/mol. The van der Waals surface area contributed by atoms with Gasteiger partial charge in [0.15, 0.2) is 11.6 Å². The first kappa shape index (κ1) is 20.9. The summed E-state index contributed by atoms with van der Waals surface area (Å²) in [6, 6.07) is 10.2. The molecule has 162 valence electrons. The van der Waals surface area contributed by atoms with Crippen molar-refractivity contribution >= 4 is 23.2 Å². The van der Waals surface area contributed by atoms with Crippen LogP contribution in [0.2, 0.25) is 5.02 Å². The van der Waals surface area contributed by atoms with Gasteiger partial charge in [-0.3, -0.25) is 9.59 Å². The van der Waals surface area contributed by atoms with Gasteiger partial charge in [0.2, 0.25) is 0 Å².